The van der Waals surface area contributed by atoms with Crippen LogP contribution in [0.25, 0.3) is 0 Å². The summed E-state index contributed by atoms with van der Waals surface area (Å²) in [5.74, 6) is 1.04. The van der Waals surface area contributed by atoms with Gasteiger partial charge in [0.2, 0.25) is 11.8 Å². The molecule has 3 N–H and O–H groups in total. The maximum absolute atomic E-state index is 12.3. The van der Waals surface area contributed by atoms with E-state index >= 15 is 0 Å². The zero-order valence-corrected chi connectivity index (χ0v) is 16.1. The Morgan fingerprint density at radius 1 is 1.18 bits per heavy atom. The van der Waals surface area contributed by atoms with E-state index in [1.165, 1.54) is 0 Å². The molecule has 1 aliphatic heterocycles. The lowest BCUT2D eigenvalue weighted by molar-refractivity contribution is -0.128. The molecule has 7 nitrogen and oxygen atoms in total. The van der Waals surface area contributed by atoms with Gasteiger partial charge in [0.15, 0.2) is 0 Å². The van der Waals surface area contributed by atoms with Crippen LogP contribution >= 0.6 is 0 Å². The summed E-state index contributed by atoms with van der Waals surface area (Å²) in [6.07, 6.45) is 5.48. The van der Waals surface area contributed by atoms with Crippen LogP contribution in [0, 0.1) is 5.92 Å². The number of methoxy groups -OCH3 is 1. The Balaban J connectivity index is 1.48. The van der Waals surface area contributed by atoms with Crippen molar-refractivity contribution in [2.24, 2.45) is 5.92 Å². The van der Waals surface area contributed by atoms with Crippen LogP contribution in [-0.4, -0.2) is 48.9 Å². The lowest BCUT2D eigenvalue weighted by Crippen LogP contribution is -2.49. The third kappa shape index (κ3) is 5.81. The highest BCUT2D eigenvalue weighted by Crippen LogP contribution is 2.32. The predicted molar refractivity (Wildman–Crippen MR) is 104 cm³/mol. The van der Waals surface area contributed by atoms with Gasteiger partial charge in [-0.05, 0) is 24.8 Å². The van der Waals surface area contributed by atoms with Gasteiger partial charge in [0.25, 0.3) is 0 Å². The number of hydrogen-bond acceptors (Lipinski definition) is 5. The molecule has 3 atom stereocenters. The van der Waals surface area contributed by atoms with Crippen LogP contribution in [0.15, 0.2) is 36.4 Å². The summed E-state index contributed by atoms with van der Waals surface area (Å²) in [7, 11) is 1.59. The fraction of sp³-hybridized carbons (Fsp3) is 0.524. The van der Waals surface area contributed by atoms with Gasteiger partial charge < -0.3 is 25.2 Å². The lowest BCUT2D eigenvalue weighted by Gasteiger charge is -2.31. The van der Waals surface area contributed by atoms with E-state index < -0.39 is 12.2 Å². The van der Waals surface area contributed by atoms with Gasteiger partial charge in [-0.25, -0.2) is 0 Å². The van der Waals surface area contributed by atoms with Crippen molar-refractivity contribution in [3.63, 3.8) is 0 Å². The van der Waals surface area contributed by atoms with Gasteiger partial charge in [0, 0.05) is 18.5 Å². The number of hydrogen-bond donors (Lipinski definition) is 3. The minimum absolute atomic E-state index is 0.0211. The maximum Gasteiger partial charge on any atom is 0.223 e. The molecule has 2 aliphatic rings. The Labute approximate surface area is 165 Å². The minimum Gasteiger partial charge on any atom is -0.496 e. The first kappa shape index (κ1) is 20.4. The smallest absolute Gasteiger partial charge is 0.223 e. The number of amides is 2. The highest BCUT2D eigenvalue weighted by Gasteiger charge is 2.31. The zero-order chi connectivity index (χ0) is 19.9. The van der Waals surface area contributed by atoms with E-state index in [0.29, 0.717) is 18.9 Å². The molecule has 152 valence electrons. The topological polar surface area (TPSA) is 96.9 Å². The zero-order valence-electron chi connectivity index (χ0n) is 16.1. The molecule has 1 fully saturated rings. The van der Waals surface area contributed by atoms with Crippen molar-refractivity contribution in [1.82, 2.24) is 10.6 Å². The van der Waals surface area contributed by atoms with Crippen LogP contribution in [0.2, 0.25) is 0 Å². The van der Waals surface area contributed by atoms with Crippen molar-refractivity contribution in [2.45, 2.75) is 50.5 Å². The summed E-state index contributed by atoms with van der Waals surface area (Å²) in [5.41, 5.74) is 0.894. The molecule has 0 saturated heterocycles. The first-order valence-electron chi connectivity index (χ1n) is 9.71. The van der Waals surface area contributed by atoms with Crippen LogP contribution in [0.5, 0.6) is 5.75 Å². The second kappa shape index (κ2) is 9.71. The van der Waals surface area contributed by atoms with E-state index in [-0.39, 0.29) is 30.9 Å². The number of carbonyl (C=O) groups excluding carboxylic acids is 2. The van der Waals surface area contributed by atoms with Crippen LogP contribution in [0.3, 0.4) is 0 Å². The number of para-hydroxylation sites is 1. The number of carbonyl (C=O) groups is 2. The van der Waals surface area contributed by atoms with Crippen molar-refractivity contribution in [3.8, 4) is 5.75 Å². The molecule has 1 aromatic rings. The van der Waals surface area contributed by atoms with Gasteiger partial charge in [-0.3, -0.25) is 9.59 Å². The fourth-order valence-corrected chi connectivity index (χ4v) is 3.26. The number of ether oxygens (including phenoxy) is 2. The van der Waals surface area contributed by atoms with Crippen molar-refractivity contribution >= 4 is 11.8 Å². The summed E-state index contributed by atoms with van der Waals surface area (Å²) in [6, 6.07) is 7.13. The molecule has 1 aromatic carbocycles. The molecule has 0 bridgehead atoms. The lowest BCUT2D eigenvalue weighted by atomic mass is 10.0. The molecule has 0 radical (unpaired) electrons. The first-order valence-corrected chi connectivity index (χ1v) is 9.71. The molecular weight excluding hydrogens is 360 g/mol. The molecule has 0 aromatic heterocycles. The number of nitrogens with one attached hydrogen (secondary N) is 2. The average Bonchev–Trinajstić information content (AvgIpc) is 3.51. The van der Waals surface area contributed by atoms with Crippen molar-refractivity contribution in [2.75, 3.05) is 13.7 Å². The highest BCUT2D eigenvalue weighted by atomic mass is 16.5. The molecule has 0 unspecified atom stereocenters. The number of rotatable bonds is 9. The largest absolute Gasteiger partial charge is 0.496 e. The molecule has 3 rings (SSSR count). The van der Waals surface area contributed by atoms with Crippen LogP contribution in [0.4, 0.5) is 0 Å². The SMILES string of the molecule is COc1ccccc1CNC(=O)C[C@H]1C=C[C@@H](NC(=O)CC2CC2)[C@H](CO)O1. The molecule has 7 heteroatoms. The summed E-state index contributed by atoms with van der Waals surface area (Å²) >= 11 is 0. The van der Waals surface area contributed by atoms with Gasteiger partial charge in [0.1, 0.15) is 11.9 Å². The van der Waals surface area contributed by atoms with E-state index in [9.17, 15) is 14.7 Å². The molecule has 1 heterocycles. The van der Waals surface area contributed by atoms with Gasteiger partial charge in [-0.1, -0.05) is 30.4 Å². The summed E-state index contributed by atoms with van der Waals surface area (Å²) in [6.45, 7) is 0.139. The number of aliphatic hydroxyl groups excluding tert-OH is 1. The Hall–Kier alpha value is -2.38. The molecule has 28 heavy (non-hydrogen) atoms. The molecule has 2 amide bonds. The van der Waals surface area contributed by atoms with E-state index in [2.05, 4.69) is 10.6 Å². The van der Waals surface area contributed by atoms with Gasteiger partial charge in [0.05, 0.1) is 32.3 Å². The van der Waals surface area contributed by atoms with Crippen LogP contribution in [0.1, 0.15) is 31.2 Å². The summed E-state index contributed by atoms with van der Waals surface area (Å²) in [5, 5.41) is 15.4. The van der Waals surface area contributed by atoms with E-state index in [4.69, 9.17) is 9.47 Å². The Kier molecular flexibility index (Phi) is 7.06. The molecule has 1 aliphatic carbocycles. The van der Waals surface area contributed by atoms with Crippen molar-refractivity contribution in [1.29, 1.82) is 0 Å². The third-order valence-corrected chi connectivity index (χ3v) is 5.02. The first-order chi connectivity index (χ1) is 13.6. The third-order valence-electron chi connectivity index (χ3n) is 5.02. The minimum atomic E-state index is -0.555. The van der Waals surface area contributed by atoms with E-state index in [0.717, 1.165) is 24.2 Å². The summed E-state index contributed by atoms with van der Waals surface area (Å²) in [4.78, 5) is 24.3. The second-order valence-corrected chi connectivity index (χ2v) is 7.31. The number of benzene rings is 1. The van der Waals surface area contributed by atoms with Crippen molar-refractivity contribution in [3.05, 3.63) is 42.0 Å². The highest BCUT2D eigenvalue weighted by molar-refractivity contribution is 5.77. The second-order valence-electron chi connectivity index (χ2n) is 7.31. The summed E-state index contributed by atoms with van der Waals surface area (Å²) < 4.78 is 11.1. The Bertz CT molecular complexity index is 717. The standard InChI is InChI=1S/C21H28N2O5/c1-27-18-5-3-2-4-15(18)12-22-20(25)11-16-8-9-17(19(13-24)28-16)23-21(26)10-14-6-7-14/h2-5,8-9,14,16-17,19,24H,6-7,10-13H2,1H3,(H,22,25)(H,23,26)/t16-,17-,19+/m1/s1. The van der Waals surface area contributed by atoms with E-state index in [1.54, 1.807) is 13.2 Å². The maximum atomic E-state index is 12.3. The number of aliphatic hydroxyl groups is 1. The van der Waals surface area contributed by atoms with Gasteiger partial charge in [-0.2, -0.15) is 0 Å². The Morgan fingerprint density at radius 3 is 2.68 bits per heavy atom. The monoisotopic (exact) mass is 388 g/mol. The van der Waals surface area contributed by atoms with Crippen LogP contribution in [-0.2, 0) is 20.9 Å². The van der Waals surface area contributed by atoms with Crippen LogP contribution < -0.4 is 15.4 Å². The molecular formula is C21H28N2O5. The quantitative estimate of drug-likeness (QED) is 0.554. The predicted octanol–water partition coefficient (Wildman–Crippen LogP) is 1.30. The van der Waals surface area contributed by atoms with Crippen molar-refractivity contribution < 1.29 is 24.2 Å². The molecule has 1 saturated carbocycles. The fourth-order valence-electron chi connectivity index (χ4n) is 3.26. The van der Waals surface area contributed by atoms with E-state index in [1.807, 2.05) is 30.3 Å². The Morgan fingerprint density at radius 2 is 1.96 bits per heavy atom. The van der Waals surface area contributed by atoms with Gasteiger partial charge >= 0.3 is 0 Å². The van der Waals surface area contributed by atoms with Gasteiger partial charge in [-0.15, -0.1) is 0 Å². The average molecular weight is 388 g/mol. The molecule has 0 spiro atoms. The normalized spacial score (nSPS) is 23.9.